The van der Waals surface area contributed by atoms with E-state index >= 15 is 0 Å². The lowest BCUT2D eigenvalue weighted by Crippen LogP contribution is -2.51. The first-order valence-electron chi connectivity index (χ1n) is 10.8. The van der Waals surface area contributed by atoms with Gasteiger partial charge in [-0.2, -0.15) is 9.40 Å². The normalized spacial score (nSPS) is 24.7. The average Bonchev–Trinajstić information content (AvgIpc) is 3.47. The Kier molecular flexibility index (Phi) is 5.73. The number of pyridine rings is 1. The van der Waals surface area contributed by atoms with E-state index in [-0.39, 0.29) is 17.9 Å². The quantitative estimate of drug-likeness (QED) is 0.541. The molecule has 1 unspecified atom stereocenters. The maximum Gasteiger partial charge on any atom is 0.218 e. The molecule has 5 rings (SSSR count). The number of hydrogen-bond donors (Lipinski definition) is 0. The first-order valence-corrected chi connectivity index (χ1v) is 14.5. The van der Waals surface area contributed by atoms with Crippen molar-refractivity contribution >= 4 is 32.1 Å². The van der Waals surface area contributed by atoms with Gasteiger partial charge in [-0.15, -0.1) is 0 Å². The van der Waals surface area contributed by atoms with E-state index in [1.165, 1.54) is 4.31 Å². The van der Waals surface area contributed by atoms with Crippen LogP contribution in [0.3, 0.4) is 0 Å². The Morgan fingerprint density at radius 1 is 1.12 bits per heavy atom. The van der Waals surface area contributed by atoms with Gasteiger partial charge >= 0.3 is 0 Å². The fraction of sp³-hybridized carbons (Fsp3) is 0.632. The molecule has 2 aliphatic heterocycles. The molecule has 0 spiro atoms. The lowest BCUT2D eigenvalue weighted by atomic mass is 10.3. The number of piperazine rings is 1. The van der Waals surface area contributed by atoms with Gasteiger partial charge in [-0.3, -0.25) is 14.5 Å². The van der Waals surface area contributed by atoms with Crippen LogP contribution in [0.15, 0.2) is 24.5 Å². The summed E-state index contributed by atoms with van der Waals surface area (Å²) in [7, 11) is -6.85. The van der Waals surface area contributed by atoms with Crippen LogP contribution in [0.1, 0.15) is 25.3 Å². The molecule has 10 nitrogen and oxygen atoms in total. The molecule has 0 amide bonds. The maximum atomic E-state index is 12.9. The maximum absolute atomic E-state index is 12.9. The molecule has 0 aromatic carbocycles. The van der Waals surface area contributed by atoms with E-state index in [1.807, 2.05) is 16.8 Å². The third kappa shape index (κ3) is 4.28. The summed E-state index contributed by atoms with van der Waals surface area (Å²) in [6.45, 7) is 2.24. The third-order valence-corrected chi connectivity index (χ3v) is 11.1. The van der Waals surface area contributed by atoms with Crippen molar-refractivity contribution in [1.82, 2.24) is 28.5 Å². The summed E-state index contributed by atoms with van der Waals surface area (Å²) < 4.78 is 55.2. The lowest BCUT2D eigenvalue weighted by Gasteiger charge is -2.34. The monoisotopic (exact) mass is 498 g/mol. The van der Waals surface area contributed by atoms with E-state index in [2.05, 4.69) is 14.5 Å². The molecule has 13 heteroatoms. The summed E-state index contributed by atoms with van der Waals surface area (Å²) in [5, 5.41) is 3.96. The van der Waals surface area contributed by atoms with Crippen LogP contribution in [0.25, 0.3) is 11.4 Å². The van der Waals surface area contributed by atoms with Gasteiger partial charge in [0.25, 0.3) is 0 Å². The summed E-state index contributed by atoms with van der Waals surface area (Å²) in [5.74, 6) is 0.507. The van der Waals surface area contributed by atoms with Gasteiger partial charge in [0.15, 0.2) is 20.4 Å². The summed E-state index contributed by atoms with van der Waals surface area (Å²) >= 11 is 5.73. The molecular weight excluding hydrogens is 472 g/mol. The Bertz CT molecular complexity index is 1260. The fourth-order valence-electron chi connectivity index (χ4n) is 4.39. The first kappa shape index (κ1) is 22.1. The Morgan fingerprint density at radius 3 is 2.47 bits per heavy atom. The van der Waals surface area contributed by atoms with Crippen LogP contribution >= 0.6 is 12.2 Å². The molecule has 3 fully saturated rings. The van der Waals surface area contributed by atoms with Crippen molar-refractivity contribution in [1.29, 1.82) is 0 Å². The third-order valence-electron chi connectivity index (χ3n) is 6.34. The summed E-state index contributed by atoms with van der Waals surface area (Å²) in [5.41, 5.74) is 0.923. The fourth-order valence-corrected chi connectivity index (χ4v) is 9.23. The van der Waals surface area contributed by atoms with E-state index in [0.717, 1.165) is 24.2 Å². The van der Waals surface area contributed by atoms with Crippen molar-refractivity contribution in [3.05, 3.63) is 29.3 Å². The van der Waals surface area contributed by atoms with Crippen molar-refractivity contribution in [3.8, 4) is 11.4 Å². The molecular formula is C19H26N6O4S3. The van der Waals surface area contributed by atoms with Crippen molar-refractivity contribution in [3.63, 3.8) is 0 Å². The van der Waals surface area contributed by atoms with Gasteiger partial charge in [0.2, 0.25) is 10.0 Å². The van der Waals surface area contributed by atoms with E-state index in [1.54, 1.807) is 12.4 Å². The molecule has 2 saturated heterocycles. The summed E-state index contributed by atoms with van der Waals surface area (Å²) in [4.78, 5) is 6.33. The minimum atomic E-state index is -3.61. The Morgan fingerprint density at radius 2 is 1.88 bits per heavy atom. The van der Waals surface area contributed by atoms with Gasteiger partial charge in [0, 0.05) is 50.2 Å². The topological polar surface area (TPSA) is 110 Å². The second-order valence-corrected chi connectivity index (χ2v) is 13.5. The number of sulfone groups is 1. The Balaban J connectivity index is 1.28. The molecule has 4 heterocycles. The van der Waals surface area contributed by atoms with Gasteiger partial charge in [0.05, 0.1) is 23.4 Å². The van der Waals surface area contributed by atoms with Crippen molar-refractivity contribution in [2.75, 3.05) is 37.7 Å². The summed E-state index contributed by atoms with van der Waals surface area (Å²) in [6, 6.07) is 4.22. The minimum absolute atomic E-state index is 0.0436. The highest BCUT2D eigenvalue weighted by atomic mass is 32.2. The number of nitrogens with zero attached hydrogens (tertiary/aromatic N) is 6. The van der Waals surface area contributed by atoms with E-state index in [9.17, 15) is 16.8 Å². The smallest absolute Gasteiger partial charge is 0.218 e. The molecule has 0 bridgehead atoms. The zero-order chi connectivity index (χ0) is 22.5. The Labute approximate surface area is 192 Å². The molecule has 1 aliphatic carbocycles. The van der Waals surface area contributed by atoms with Crippen LogP contribution in [0, 0.1) is 4.77 Å². The number of hydrogen-bond acceptors (Lipinski definition) is 8. The van der Waals surface area contributed by atoms with Crippen molar-refractivity contribution < 1.29 is 16.8 Å². The van der Waals surface area contributed by atoms with Gasteiger partial charge in [-0.05, 0) is 43.6 Å². The largest absolute Gasteiger partial charge is 0.297 e. The lowest BCUT2D eigenvalue weighted by molar-refractivity contribution is 0.144. The van der Waals surface area contributed by atoms with Crippen LogP contribution in [-0.2, 0) is 26.5 Å². The zero-order valence-electron chi connectivity index (χ0n) is 17.6. The molecule has 2 aromatic heterocycles. The van der Waals surface area contributed by atoms with E-state index < -0.39 is 25.1 Å². The molecule has 1 atom stereocenters. The number of rotatable bonds is 6. The minimum Gasteiger partial charge on any atom is -0.297 e. The highest BCUT2D eigenvalue weighted by Crippen LogP contribution is 2.38. The molecule has 0 N–H and O–H groups in total. The molecule has 3 aliphatic rings. The van der Waals surface area contributed by atoms with Gasteiger partial charge in [-0.25, -0.2) is 21.5 Å². The van der Waals surface area contributed by atoms with Crippen molar-refractivity contribution in [2.24, 2.45) is 0 Å². The molecule has 2 aromatic rings. The molecule has 0 radical (unpaired) electrons. The average molecular weight is 499 g/mol. The molecule has 1 saturated carbocycles. The van der Waals surface area contributed by atoms with Crippen LogP contribution in [0.4, 0.5) is 0 Å². The highest BCUT2D eigenvalue weighted by molar-refractivity contribution is 7.95. The van der Waals surface area contributed by atoms with E-state index in [4.69, 9.17) is 17.3 Å². The first-order chi connectivity index (χ1) is 15.2. The predicted octanol–water partition coefficient (Wildman–Crippen LogP) is 0.903. The zero-order valence-corrected chi connectivity index (χ0v) is 20.0. The number of sulfonamides is 1. The molecule has 32 heavy (non-hydrogen) atoms. The second-order valence-electron chi connectivity index (χ2n) is 8.68. The summed E-state index contributed by atoms with van der Waals surface area (Å²) in [6.07, 6.45) is 5.87. The predicted molar refractivity (Wildman–Crippen MR) is 122 cm³/mol. The second kappa shape index (κ2) is 8.28. The van der Waals surface area contributed by atoms with Crippen LogP contribution in [0.5, 0.6) is 0 Å². The van der Waals surface area contributed by atoms with Gasteiger partial charge < -0.3 is 0 Å². The van der Waals surface area contributed by atoms with E-state index in [0.29, 0.717) is 43.7 Å². The van der Waals surface area contributed by atoms with Crippen LogP contribution in [-0.4, -0.2) is 88.3 Å². The van der Waals surface area contributed by atoms with Crippen LogP contribution in [0.2, 0.25) is 0 Å². The van der Waals surface area contributed by atoms with Gasteiger partial charge in [0.1, 0.15) is 0 Å². The Hall–Kier alpha value is -1.67. The van der Waals surface area contributed by atoms with Crippen LogP contribution < -0.4 is 0 Å². The molecule has 174 valence electrons. The SMILES string of the molecule is O=S1(=O)CCC(S(=O)(=O)N2CCN(Cn3nc(-c4cccnc4)n(C4CC4)c3=S)CC2)C1. The highest BCUT2D eigenvalue weighted by Gasteiger charge is 2.41. The number of aromatic nitrogens is 4. The van der Waals surface area contributed by atoms with Crippen molar-refractivity contribution in [2.45, 2.75) is 37.2 Å². The van der Waals surface area contributed by atoms with Gasteiger partial charge in [-0.1, -0.05) is 0 Å². The standard InChI is InChI=1S/C19H26N6O4S3/c26-31(27)11-5-17(13-31)32(28,29)23-9-7-22(8-10-23)14-24-19(30)25(16-3-4-16)18(21-24)15-2-1-6-20-12-15/h1-2,6,12,16-17H,3-5,7-11,13-14H2.